The minimum Gasteiger partial charge on any atom is -0.462 e. The molecule has 2 aromatic heterocycles. The number of hydrogen-bond donors (Lipinski definition) is 0. The molecular formula is C16H16N4O3S. The molecule has 3 rings (SSSR count). The molecule has 0 spiro atoms. The van der Waals surface area contributed by atoms with Crippen LogP contribution < -0.4 is 4.80 Å². The predicted octanol–water partition coefficient (Wildman–Crippen LogP) is 1.89. The van der Waals surface area contributed by atoms with Crippen molar-refractivity contribution in [3.05, 3.63) is 46.5 Å². The fourth-order valence-electron chi connectivity index (χ4n) is 2.31. The Labute approximate surface area is 141 Å². The van der Waals surface area contributed by atoms with Crippen molar-refractivity contribution in [2.24, 2.45) is 19.1 Å². The Hall–Kier alpha value is -2.74. The van der Waals surface area contributed by atoms with E-state index in [1.54, 1.807) is 38.4 Å². The van der Waals surface area contributed by atoms with Gasteiger partial charge < -0.3 is 9.30 Å². The third-order valence-corrected chi connectivity index (χ3v) is 4.65. The molecule has 8 heteroatoms. The second-order valence-corrected chi connectivity index (χ2v) is 6.11. The number of fused-ring (bicyclic) bond motifs is 1. The van der Waals surface area contributed by atoms with E-state index in [1.165, 1.54) is 16.0 Å². The molecule has 0 aliphatic rings. The smallest absolute Gasteiger partial charge is 0.338 e. The van der Waals surface area contributed by atoms with Crippen LogP contribution in [0.4, 0.5) is 0 Å². The van der Waals surface area contributed by atoms with E-state index in [0.717, 1.165) is 10.2 Å². The molecule has 0 radical (unpaired) electrons. The highest BCUT2D eigenvalue weighted by Gasteiger charge is 2.12. The Morgan fingerprint density at radius 1 is 1.29 bits per heavy atom. The number of ether oxygens (including phenoxy) is 1. The van der Waals surface area contributed by atoms with Gasteiger partial charge in [-0.1, -0.05) is 11.3 Å². The summed E-state index contributed by atoms with van der Waals surface area (Å²) in [4.78, 5) is 28.8. The molecule has 1 aromatic carbocycles. The van der Waals surface area contributed by atoms with Crippen molar-refractivity contribution in [1.29, 1.82) is 0 Å². The highest BCUT2D eigenvalue weighted by atomic mass is 32.1. The average molecular weight is 344 g/mol. The number of carbonyl (C=O) groups is 2. The number of benzene rings is 1. The Morgan fingerprint density at radius 2 is 2.08 bits per heavy atom. The first-order chi connectivity index (χ1) is 11.5. The summed E-state index contributed by atoms with van der Waals surface area (Å²) in [6, 6.07) is 6.91. The summed E-state index contributed by atoms with van der Waals surface area (Å²) in [6.45, 7) is 2.09. The molecule has 7 nitrogen and oxygen atoms in total. The number of carbonyl (C=O) groups excluding carboxylic acids is 2. The lowest BCUT2D eigenvalue weighted by atomic mass is 10.2. The molecule has 0 N–H and O–H groups in total. The topological polar surface area (TPSA) is 78.5 Å². The molecule has 124 valence electrons. The van der Waals surface area contributed by atoms with Crippen LogP contribution in [0.1, 0.15) is 27.8 Å². The second-order valence-electron chi connectivity index (χ2n) is 5.10. The standard InChI is InChI=1S/C16H16N4O3S/c1-4-23-15(22)10-5-6-11-13(9-10)24-16(19(11)2)18-14(21)12-7-8-17-20(12)3/h5-9H,4H2,1-3H3. The molecule has 0 saturated heterocycles. The number of hydrogen-bond acceptors (Lipinski definition) is 5. The molecule has 0 aliphatic heterocycles. The normalized spacial score (nSPS) is 11.9. The van der Waals surface area contributed by atoms with Gasteiger partial charge in [0.15, 0.2) is 4.80 Å². The van der Waals surface area contributed by atoms with Gasteiger partial charge in [-0.15, -0.1) is 0 Å². The predicted molar refractivity (Wildman–Crippen MR) is 89.9 cm³/mol. The van der Waals surface area contributed by atoms with Crippen LogP contribution in [0.3, 0.4) is 0 Å². The Balaban J connectivity index is 2.05. The lowest BCUT2D eigenvalue weighted by Crippen LogP contribution is -2.14. The van der Waals surface area contributed by atoms with Crippen LogP contribution in [-0.4, -0.2) is 32.8 Å². The van der Waals surface area contributed by atoms with Crippen molar-refractivity contribution in [3.8, 4) is 0 Å². The zero-order chi connectivity index (χ0) is 17.3. The summed E-state index contributed by atoms with van der Waals surface area (Å²) in [5.74, 6) is -0.720. The van der Waals surface area contributed by atoms with E-state index >= 15 is 0 Å². The Kier molecular flexibility index (Phi) is 4.30. The highest BCUT2D eigenvalue weighted by molar-refractivity contribution is 7.16. The zero-order valence-electron chi connectivity index (χ0n) is 13.5. The van der Waals surface area contributed by atoms with Crippen LogP contribution in [0.25, 0.3) is 10.2 Å². The van der Waals surface area contributed by atoms with Crippen LogP contribution >= 0.6 is 11.3 Å². The minimum absolute atomic E-state index is 0.328. The summed E-state index contributed by atoms with van der Waals surface area (Å²) in [5, 5.41) is 3.97. The van der Waals surface area contributed by atoms with Crippen LogP contribution in [0.5, 0.6) is 0 Å². The second kappa shape index (κ2) is 6.40. The number of thiazole rings is 1. The monoisotopic (exact) mass is 344 g/mol. The molecule has 0 bridgehead atoms. The van der Waals surface area contributed by atoms with Gasteiger partial charge in [0.05, 0.1) is 22.4 Å². The lowest BCUT2D eigenvalue weighted by molar-refractivity contribution is 0.0526. The van der Waals surface area contributed by atoms with Gasteiger partial charge in [0.2, 0.25) is 0 Å². The van der Waals surface area contributed by atoms with E-state index in [9.17, 15) is 9.59 Å². The number of amides is 1. The maximum atomic E-state index is 12.3. The van der Waals surface area contributed by atoms with Gasteiger partial charge in [-0.3, -0.25) is 9.48 Å². The SMILES string of the molecule is CCOC(=O)c1ccc2c(c1)sc(=NC(=O)c1ccnn1C)n2C. The number of esters is 1. The van der Waals surface area contributed by atoms with E-state index < -0.39 is 0 Å². The van der Waals surface area contributed by atoms with Gasteiger partial charge in [0, 0.05) is 20.3 Å². The largest absolute Gasteiger partial charge is 0.462 e. The summed E-state index contributed by atoms with van der Waals surface area (Å²) < 4.78 is 9.18. The lowest BCUT2D eigenvalue weighted by Gasteiger charge is -2.01. The van der Waals surface area contributed by atoms with Crippen LogP contribution in [0, 0.1) is 0 Å². The zero-order valence-corrected chi connectivity index (χ0v) is 14.3. The molecule has 2 heterocycles. The third kappa shape index (κ3) is 2.88. The third-order valence-electron chi connectivity index (χ3n) is 3.56. The van der Waals surface area contributed by atoms with E-state index in [0.29, 0.717) is 22.7 Å². The highest BCUT2D eigenvalue weighted by Crippen LogP contribution is 2.19. The number of nitrogens with zero attached hydrogens (tertiary/aromatic N) is 4. The first-order valence-corrected chi connectivity index (χ1v) is 8.16. The van der Waals surface area contributed by atoms with Crippen molar-refractivity contribution < 1.29 is 14.3 Å². The molecule has 0 unspecified atom stereocenters. The maximum Gasteiger partial charge on any atom is 0.338 e. The summed E-state index contributed by atoms with van der Waals surface area (Å²) >= 11 is 1.34. The number of aromatic nitrogens is 3. The number of aryl methyl sites for hydroxylation is 2. The van der Waals surface area contributed by atoms with Crippen LogP contribution in [0.2, 0.25) is 0 Å². The molecule has 0 aliphatic carbocycles. The van der Waals surface area contributed by atoms with Gasteiger partial charge in [-0.05, 0) is 31.2 Å². The molecule has 0 fully saturated rings. The molecule has 0 saturated carbocycles. The van der Waals surface area contributed by atoms with Crippen molar-refractivity contribution >= 4 is 33.4 Å². The van der Waals surface area contributed by atoms with Crippen LogP contribution in [0.15, 0.2) is 35.5 Å². The summed E-state index contributed by atoms with van der Waals surface area (Å²) in [6.07, 6.45) is 1.55. The van der Waals surface area contributed by atoms with Gasteiger partial charge in [-0.25, -0.2) is 4.79 Å². The molecule has 3 aromatic rings. The quantitative estimate of drug-likeness (QED) is 0.680. The molecule has 0 atom stereocenters. The van der Waals surface area contributed by atoms with Crippen molar-refractivity contribution in [2.75, 3.05) is 6.61 Å². The van der Waals surface area contributed by atoms with Crippen molar-refractivity contribution in [2.45, 2.75) is 6.92 Å². The first kappa shape index (κ1) is 16.1. The van der Waals surface area contributed by atoms with Gasteiger partial charge in [-0.2, -0.15) is 10.1 Å². The Morgan fingerprint density at radius 3 is 2.75 bits per heavy atom. The van der Waals surface area contributed by atoms with E-state index in [-0.39, 0.29) is 11.9 Å². The van der Waals surface area contributed by atoms with Crippen LogP contribution in [-0.2, 0) is 18.8 Å². The summed E-state index contributed by atoms with van der Waals surface area (Å²) in [5.41, 5.74) is 1.79. The van der Waals surface area contributed by atoms with Gasteiger partial charge in [0.25, 0.3) is 5.91 Å². The molecule has 24 heavy (non-hydrogen) atoms. The van der Waals surface area contributed by atoms with E-state index in [1.807, 2.05) is 17.7 Å². The Bertz CT molecular complexity index is 996. The maximum absolute atomic E-state index is 12.3. The minimum atomic E-state index is -0.361. The number of rotatable bonds is 3. The van der Waals surface area contributed by atoms with E-state index in [2.05, 4.69) is 10.1 Å². The average Bonchev–Trinajstić information content (AvgIpc) is 3.11. The fourth-order valence-corrected chi connectivity index (χ4v) is 3.37. The van der Waals surface area contributed by atoms with Crippen molar-refractivity contribution in [3.63, 3.8) is 0 Å². The van der Waals surface area contributed by atoms with Gasteiger partial charge >= 0.3 is 5.97 Å². The van der Waals surface area contributed by atoms with Gasteiger partial charge in [0.1, 0.15) is 5.69 Å². The van der Waals surface area contributed by atoms with E-state index in [4.69, 9.17) is 4.74 Å². The fraction of sp³-hybridized carbons (Fsp3) is 0.250. The molecular weight excluding hydrogens is 328 g/mol. The van der Waals surface area contributed by atoms with Crippen molar-refractivity contribution in [1.82, 2.24) is 14.3 Å². The molecule has 1 amide bonds. The first-order valence-electron chi connectivity index (χ1n) is 7.35. The summed E-state index contributed by atoms with van der Waals surface area (Å²) in [7, 11) is 3.53.